The van der Waals surface area contributed by atoms with Crippen molar-refractivity contribution in [2.24, 2.45) is 5.73 Å². The molecule has 0 aliphatic carbocycles. The Morgan fingerprint density at radius 1 is 1.21 bits per heavy atom. The minimum Gasteiger partial charge on any atom is -0.497 e. The highest BCUT2D eigenvalue weighted by molar-refractivity contribution is 5.95. The molecule has 7 N–H and O–H groups in total. The van der Waals surface area contributed by atoms with Crippen LogP contribution in [0.25, 0.3) is 0 Å². The molecule has 0 saturated carbocycles. The number of benzene rings is 2. The fraction of sp³-hybridized carbons (Fsp3) is 0.211. The second-order valence-electron chi connectivity index (χ2n) is 5.88. The molecule has 0 aliphatic heterocycles. The van der Waals surface area contributed by atoms with E-state index in [1.54, 1.807) is 24.3 Å². The van der Waals surface area contributed by atoms with Crippen LogP contribution in [0.4, 0.5) is 5.69 Å². The third-order valence-electron chi connectivity index (χ3n) is 3.96. The molecule has 154 valence electrons. The van der Waals surface area contributed by atoms with Crippen LogP contribution in [0.2, 0.25) is 0 Å². The number of aliphatic carboxylic acids is 1. The van der Waals surface area contributed by atoms with Gasteiger partial charge in [-0.05, 0) is 36.4 Å². The van der Waals surface area contributed by atoms with Crippen LogP contribution in [0.1, 0.15) is 27.5 Å². The number of hydrogen-bond acceptors (Lipinski definition) is 7. The SMILES string of the molecule is COc1cc(C(=O)O)c(OCCO)c(C(Nc2ccc(C(=N)N)cc2)C(=O)O)c1. The lowest BCUT2D eigenvalue weighted by Gasteiger charge is -2.22. The number of amidine groups is 1. The molecule has 0 amide bonds. The summed E-state index contributed by atoms with van der Waals surface area (Å²) in [6.07, 6.45) is 0. The van der Waals surface area contributed by atoms with Crippen molar-refractivity contribution in [2.45, 2.75) is 6.04 Å². The van der Waals surface area contributed by atoms with E-state index in [9.17, 15) is 19.8 Å². The molecular formula is C19H21N3O7. The summed E-state index contributed by atoms with van der Waals surface area (Å²) in [5, 5.41) is 38.5. The number of carboxylic acids is 2. The lowest BCUT2D eigenvalue weighted by atomic mass is 10.0. The molecule has 2 aromatic rings. The Morgan fingerprint density at radius 2 is 1.86 bits per heavy atom. The van der Waals surface area contributed by atoms with Crippen molar-refractivity contribution in [3.05, 3.63) is 53.1 Å². The maximum atomic E-state index is 12.0. The minimum atomic E-state index is -1.39. The van der Waals surface area contributed by atoms with Crippen LogP contribution in [0, 0.1) is 5.41 Å². The van der Waals surface area contributed by atoms with Crippen molar-refractivity contribution in [1.82, 2.24) is 0 Å². The molecule has 10 heteroatoms. The standard InChI is InChI=1S/C19H21N3O7/c1-28-12-8-13(16(29-7-6-23)14(9-12)18(24)25)15(19(26)27)22-11-4-2-10(3-5-11)17(20)21/h2-5,8-9,15,22-23H,6-7H2,1H3,(H3,20,21)(H,24,25)(H,26,27). The van der Waals surface area contributed by atoms with E-state index in [0.717, 1.165) is 0 Å². The van der Waals surface area contributed by atoms with Crippen LogP contribution >= 0.6 is 0 Å². The molecule has 1 atom stereocenters. The normalized spacial score (nSPS) is 11.4. The third-order valence-corrected chi connectivity index (χ3v) is 3.96. The average molecular weight is 403 g/mol. The summed E-state index contributed by atoms with van der Waals surface area (Å²) in [6.45, 7) is -0.610. The predicted octanol–water partition coefficient (Wildman–Crippen LogP) is 1.29. The molecule has 2 rings (SSSR count). The van der Waals surface area contributed by atoms with Gasteiger partial charge < -0.3 is 35.8 Å². The van der Waals surface area contributed by atoms with Gasteiger partial charge in [-0.3, -0.25) is 5.41 Å². The summed E-state index contributed by atoms with van der Waals surface area (Å²) >= 11 is 0. The number of nitrogens with two attached hydrogens (primary N) is 1. The van der Waals surface area contributed by atoms with Crippen LogP contribution in [0.15, 0.2) is 36.4 Å². The maximum absolute atomic E-state index is 12.0. The van der Waals surface area contributed by atoms with Gasteiger partial charge in [-0.2, -0.15) is 0 Å². The van der Waals surface area contributed by atoms with Crippen LogP contribution in [0.3, 0.4) is 0 Å². The zero-order valence-corrected chi connectivity index (χ0v) is 15.5. The van der Waals surface area contributed by atoms with Gasteiger partial charge in [-0.25, -0.2) is 9.59 Å². The second-order valence-corrected chi connectivity index (χ2v) is 5.88. The summed E-state index contributed by atoms with van der Waals surface area (Å²) in [5.74, 6) is -2.82. The van der Waals surface area contributed by atoms with Gasteiger partial charge in [0.15, 0.2) is 6.04 Å². The van der Waals surface area contributed by atoms with E-state index < -0.39 is 18.0 Å². The van der Waals surface area contributed by atoms with Gasteiger partial charge >= 0.3 is 11.9 Å². The number of aromatic carboxylic acids is 1. The Balaban J connectivity index is 2.54. The Hall–Kier alpha value is -3.79. The first-order valence-electron chi connectivity index (χ1n) is 8.41. The average Bonchev–Trinajstić information content (AvgIpc) is 2.69. The first kappa shape index (κ1) is 21.5. The number of anilines is 1. The van der Waals surface area contributed by atoms with E-state index in [-0.39, 0.29) is 41.7 Å². The lowest BCUT2D eigenvalue weighted by molar-refractivity contribution is -0.138. The lowest BCUT2D eigenvalue weighted by Crippen LogP contribution is -2.23. The number of aliphatic hydroxyl groups excluding tert-OH is 1. The van der Waals surface area contributed by atoms with Crippen LogP contribution in [-0.2, 0) is 4.79 Å². The molecule has 0 heterocycles. The van der Waals surface area contributed by atoms with E-state index >= 15 is 0 Å². The molecule has 10 nitrogen and oxygen atoms in total. The van der Waals surface area contributed by atoms with E-state index in [2.05, 4.69) is 5.32 Å². The van der Waals surface area contributed by atoms with Gasteiger partial charge in [-0.1, -0.05) is 0 Å². The Kier molecular flexibility index (Phi) is 6.99. The molecule has 0 bridgehead atoms. The molecule has 2 aromatic carbocycles. The molecule has 0 spiro atoms. The van der Waals surface area contributed by atoms with Crippen molar-refractivity contribution < 1.29 is 34.4 Å². The molecule has 0 aromatic heterocycles. The Morgan fingerprint density at radius 3 is 2.34 bits per heavy atom. The van der Waals surface area contributed by atoms with Crippen molar-refractivity contribution in [3.8, 4) is 11.5 Å². The number of rotatable bonds is 10. The molecule has 0 saturated heterocycles. The summed E-state index contributed by atoms with van der Waals surface area (Å²) < 4.78 is 10.5. The zero-order chi connectivity index (χ0) is 21.6. The summed E-state index contributed by atoms with van der Waals surface area (Å²) in [7, 11) is 1.32. The number of nitrogens with one attached hydrogen (secondary N) is 2. The topological polar surface area (TPSA) is 175 Å². The van der Waals surface area contributed by atoms with Gasteiger partial charge in [0.2, 0.25) is 0 Å². The number of hydrogen-bond donors (Lipinski definition) is 6. The minimum absolute atomic E-state index is 0.0124. The number of carboxylic acid groups (broad SMARTS) is 2. The molecule has 0 radical (unpaired) electrons. The molecule has 29 heavy (non-hydrogen) atoms. The Labute approximate surface area is 166 Å². The number of ether oxygens (including phenoxy) is 2. The highest BCUT2D eigenvalue weighted by atomic mass is 16.5. The van der Waals surface area contributed by atoms with E-state index in [0.29, 0.717) is 11.3 Å². The maximum Gasteiger partial charge on any atom is 0.339 e. The van der Waals surface area contributed by atoms with Crippen LogP contribution in [-0.4, -0.2) is 53.4 Å². The van der Waals surface area contributed by atoms with E-state index in [4.69, 9.17) is 25.7 Å². The Bertz CT molecular complexity index is 913. The first-order valence-corrected chi connectivity index (χ1v) is 8.41. The summed E-state index contributed by atoms with van der Waals surface area (Å²) in [4.78, 5) is 23.6. The van der Waals surface area contributed by atoms with Crippen molar-refractivity contribution in [3.63, 3.8) is 0 Å². The molecular weight excluding hydrogens is 382 g/mol. The predicted molar refractivity (Wildman–Crippen MR) is 104 cm³/mol. The highest BCUT2D eigenvalue weighted by Gasteiger charge is 2.28. The van der Waals surface area contributed by atoms with Crippen molar-refractivity contribution in [1.29, 1.82) is 5.41 Å². The molecule has 0 fully saturated rings. The monoisotopic (exact) mass is 403 g/mol. The summed E-state index contributed by atoms with van der Waals surface area (Å²) in [5.41, 5.74) is 5.98. The van der Waals surface area contributed by atoms with E-state index in [1.807, 2.05) is 0 Å². The van der Waals surface area contributed by atoms with Gasteiger partial charge in [0.25, 0.3) is 0 Å². The van der Waals surface area contributed by atoms with Gasteiger partial charge in [0.1, 0.15) is 29.5 Å². The molecule has 1 unspecified atom stereocenters. The number of nitrogen functional groups attached to an aromatic ring is 1. The van der Waals surface area contributed by atoms with Crippen molar-refractivity contribution in [2.75, 3.05) is 25.6 Å². The highest BCUT2D eigenvalue weighted by Crippen LogP contribution is 2.36. The van der Waals surface area contributed by atoms with Crippen LogP contribution in [0.5, 0.6) is 11.5 Å². The first-order chi connectivity index (χ1) is 13.8. The summed E-state index contributed by atoms with van der Waals surface area (Å²) in [6, 6.07) is 7.34. The van der Waals surface area contributed by atoms with Crippen LogP contribution < -0.4 is 20.5 Å². The quantitative estimate of drug-likeness (QED) is 0.252. The number of carbonyl (C=O) groups is 2. The fourth-order valence-electron chi connectivity index (χ4n) is 2.61. The number of aliphatic hydroxyl groups is 1. The largest absolute Gasteiger partial charge is 0.497 e. The van der Waals surface area contributed by atoms with Crippen molar-refractivity contribution >= 4 is 23.5 Å². The van der Waals surface area contributed by atoms with Gasteiger partial charge in [-0.15, -0.1) is 0 Å². The zero-order valence-electron chi connectivity index (χ0n) is 15.5. The smallest absolute Gasteiger partial charge is 0.339 e. The third kappa shape index (κ3) is 5.14. The van der Waals surface area contributed by atoms with Gasteiger partial charge in [0.05, 0.1) is 13.7 Å². The number of methoxy groups -OCH3 is 1. The molecule has 0 aliphatic rings. The van der Waals surface area contributed by atoms with E-state index in [1.165, 1.54) is 19.2 Å². The fourth-order valence-corrected chi connectivity index (χ4v) is 2.61. The second kappa shape index (κ2) is 9.42. The van der Waals surface area contributed by atoms with Gasteiger partial charge in [0, 0.05) is 16.8 Å².